The van der Waals surface area contributed by atoms with Gasteiger partial charge in [-0.1, -0.05) is 32.9 Å². The van der Waals surface area contributed by atoms with Crippen molar-refractivity contribution in [3.05, 3.63) is 54.1 Å². The number of methoxy groups -OCH3 is 1. The van der Waals surface area contributed by atoms with E-state index in [9.17, 15) is 4.79 Å². The quantitative estimate of drug-likeness (QED) is 0.714. The Morgan fingerprint density at radius 2 is 1.52 bits per heavy atom. The third kappa shape index (κ3) is 6.51. The molecule has 0 saturated carbocycles. The summed E-state index contributed by atoms with van der Waals surface area (Å²) in [6, 6.07) is 15.2. The second kappa shape index (κ2) is 9.31. The number of carbonyl (C=O) groups excluding carboxylic acids is 1. The second-order valence-corrected chi connectivity index (χ2v) is 7.35. The molecule has 5 heteroatoms. The molecule has 146 valence electrons. The minimum atomic E-state index is -0.577. The van der Waals surface area contributed by atoms with Gasteiger partial charge in [-0.25, -0.2) is 0 Å². The van der Waals surface area contributed by atoms with Gasteiger partial charge in [-0.05, 0) is 54.3 Å². The van der Waals surface area contributed by atoms with E-state index in [0.29, 0.717) is 18.9 Å². The lowest BCUT2D eigenvalue weighted by atomic mass is 9.87. The Kier molecular flexibility index (Phi) is 7.11. The standard InChI is InChI=1S/C22H29NO4/c1-16(27-20-8-6-17(7-9-20)22(2,3)4)21(24)23-14-15-26-19-12-10-18(25-5)11-13-19/h6-13,16H,14-15H2,1-5H3,(H,23,24)/t16-/m0/s1. The van der Waals surface area contributed by atoms with Crippen molar-refractivity contribution in [2.75, 3.05) is 20.3 Å². The predicted octanol–water partition coefficient (Wildman–Crippen LogP) is 3.96. The van der Waals surface area contributed by atoms with E-state index in [2.05, 4.69) is 26.1 Å². The fourth-order valence-corrected chi connectivity index (χ4v) is 2.45. The van der Waals surface area contributed by atoms with Gasteiger partial charge in [-0.2, -0.15) is 0 Å². The largest absolute Gasteiger partial charge is 0.497 e. The van der Waals surface area contributed by atoms with Crippen molar-refractivity contribution < 1.29 is 19.0 Å². The molecule has 0 bridgehead atoms. The molecule has 0 saturated heterocycles. The fourth-order valence-electron chi connectivity index (χ4n) is 2.45. The monoisotopic (exact) mass is 371 g/mol. The van der Waals surface area contributed by atoms with Crippen LogP contribution in [0.3, 0.4) is 0 Å². The van der Waals surface area contributed by atoms with Crippen molar-refractivity contribution in [3.8, 4) is 17.2 Å². The molecule has 2 aromatic rings. The number of rotatable bonds is 8. The van der Waals surface area contributed by atoms with Crippen LogP contribution in [-0.2, 0) is 10.2 Å². The molecule has 0 radical (unpaired) electrons. The van der Waals surface area contributed by atoms with Crippen LogP contribution in [0.1, 0.15) is 33.3 Å². The maximum Gasteiger partial charge on any atom is 0.260 e. The topological polar surface area (TPSA) is 56.8 Å². The third-order valence-electron chi connectivity index (χ3n) is 4.13. The number of hydrogen-bond donors (Lipinski definition) is 1. The van der Waals surface area contributed by atoms with Crippen LogP contribution in [0, 0.1) is 0 Å². The molecule has 0 unspecified atom stereocenters. The molecular formula is C22H29NO4. The first-order chi connectivity index (χ1) is 12.8. The summed E-state index contributed by atoms with van der Waals surface area (Å²) in [7, 11) is 1.62. The Labute approximate surface area is 161 Å². The first-order valence-electron chi connectivity index (χ1n) is 9.11. The molecule has 0 aliphatic rings. The number of nitrogens with one attached hydrogen (secondary N) is 1. The molecule has 0 aromatic heterocycles. The van der Waals surface area contributed by atoms with Crippen molar-refractivity contribution in [1.29, 1.82) is 0 Å². The molecule has 0 fully saturated rings. The van der Waals surface area contributed by atoms with E-state index in [1.165, 1.54) is 5.56 Å². The summed E-state index contributed by atoms with van der Waals surface area (Å²) in [5, 5.41) is 2.82. The molecule has 2 rings (SSSR count). The van der Waals surface area contributed by atoms with E-state index in [1.807, 2.05) is 48.5 Å². The van der Waals surface area contributed by atoms with Gasteiger partial charge in [0.25, 0.3) is 5.91 Å². The highest BCUT2D eigenvalue weighted by atomic mass is 16.5. The molecule has 0 spiro atoms. The summed E-state index contributed by atoms with van der Waals surface area (Å²) in [6.07, 6.45) is -0.577. The zero-order valence-electron chi connectivity index (χ0n) is 16.7. The van der Waals surface area contributed by atoms with Crippen molar-refractivity contribution in [1.82, 2.24) is 5.32 Å². The highest BCUT2D eigenvalue weighted by Gasteiger charge is 2.16. The van der Waals surface area contributed by atoms with Crippen LogP contribution in [0.2, 0.25) is 0 Å². The van der Waals surface area contributed by atoms with Crippen LogP contribution in [0.5, 0.6) is 17.2 Å². The molecule has 0 aliphatic carbocycles. The summed E-state index contributed by atoms with van der Waals surface area (Å²) < 4.78 is 16.4. The SMILES string of the molecule is COc1ccc(OCCNC(=O)[C@H](C)Oc2ccc(C(C)(C)C)cc2)cc1. The van der Waals surface area contributed by atoms with Gasteiger partial charge in [0.15, 0.2) is 6.10 Å². The molecule has 27 heavy (non-hydrogen) atoms. The zero-order chi connectivity index (χ0) is 19.9. The minimum Gasteiger partial charge on any atom is -0.497 e. The third-order valence-corrected chi connectivity index (χ3v) is 4.13. The molecule has 0 heterocycles. The van der Waals surface area contributed by atoms with Gasteiger partial charge in [0, 0.05) is 0 Å². The number of hydrogen-bond acceptors (Lipinski definition) is 4. The predicted molar refractivity (Wildman–Crippen MR) is 107 cm³/mol. The van der Waals surface area contributed by atoms with E-state index >= 15 is 0 Å². The van der Waals surface area contributed by atoms with Crippen molar-refractivity contribution in [2.24, 2.45) is 0 Å². The molecule has 1 N–H and O–H groups in total. The lowest BCUT2D eigenvalue weighted by molar-refractivity contribution is -0.127. The molecule has 0 aliphatic heterocycles. The molecular weight excluding hydrogens is 342 g/mol. The van der Waals surface area contributed by atoms with E-state index in [1.54, 1.807) is 14.0 Å². The molecule has 1 amide bonds. The Morgan fingerprint density at radius 1 is 0.963 bits per heavy atom. The van der Waals surface area contributed by atoms with E-state index < -0.39 is 6.10 Å². The van der Waals surface area contributed by atoms with Crippen molar-refractivity contribution in [2.45, 2.75) is 39.2 Å². The first kappa shape index (κ1) is 20.6. The van der Waals surface area contributed by atoms with Gasteiger partial charge in [-0.3, -0.25) is 4.79 Å². The van der Waals surface area contributed by atoms with Crippen LogP contribution in [0.4, 0.5) is 0 Å². The lowest BCUT2D eigenvalue weighted by Gasteiger charge is -2.20. The van der Waals surface area contributed by atoms with Gasteiger partial charge < -0.3 is 19.5 Å². The average molecular weight is 371 g/mol. The summed E-state index contributed by atoms with van der Waals surface area (Å²) >= 11 is 0. The number of carbonyl (C=O) groups is 1. The number of ether oxygens (including phenoxy) is 3. The Morgan fingerprint density at radius 3 is 2.07 bits per heavy atom. The minimum absolute atomic E-state index is 0.0887. The van der Waals surface area contributed by atoms with Gasteiger partial charge in [0.05, 0.1) is 13.7 Å². The smallest absolute Gasteiger partial charge is 0.260 e. The Hall–Kier alpha value is -2.69. The second-order valence-electron chi connectivity index (χ2n) is 7.35. The Balaban J connectivity index is 1.73. The lowest BCUT2D eigenvalue weighted by Crippen LogP contribution is -2.38. The van der Waals surface area contributed by atoms with Gasteiger partial charge in [-0.15, -0.1) is 0 Å². The maximum atomic E-state index is 12.2. The van der Waals surface area contributed by atoms with Crippen LogP contribution < -0.4 is 19.5 Å². The van der Waals surface area contributed by atoms with E-state index in [0.717, 1.165) is 11.5 Å². The highest BCUT2D eigenvalue weighted by Crippen LogP contribution is 2.24. The van der Waals surface area contributed by atoms with Crippen molar-refractivity contribution >= 4 is 5.91 Å². The fraction of sp³-hybridized carbons (Fsp3) is 0.409. The highest BCUT2D eigenvalue weighted by molar-refractivity contribution is 5.80. The van der Waals surface area contributed by atoms with Crippen molar-refractivity contribution in [3.63, 3.8) is 0 Å². The summed E-state index contributed by atoms with van der Waals surface area (Å²) in [5.74, 6) is 2.01. The van der Waals surface area contributed by atoms with Crippen LogP contribution in [0.25, 0.3) is 0 Å². The average Bonchev–Trinajstić information content (AvgIpc) is 2.65. The van der Waals surface area contributed by atoms with Gasteiger partial charge in [0.1, 0.15) is 23.9 Å². The first-order valence-corrected chi connectivity index (χ1v) is 9.11. The van der Waals surface area contributed by atoms with Crippen LogP contribution in [-0.4, -0.2) is 32.3 Å². The van der Waals surface area contributed by atoms with E-state index in [4.69, 9.17) is 14.2 Å². The zero-order valence-corrected chi connectivity index (χ0v) is 16.7. The Bertz CT molecular complexity index is 717. The summed E-state index contributed by atoms with van der Waals surface area (Å²) in [6.45, 7) is 9.00. The molecule has 2 aromatic carbocycles. The summed E-state index contributed by atoms with van der Waals surface area (Å²) in [4.78, 5) is 12.2. The summed E-state index contributed by atoms with van der Waals surface area (Å²) in [5.41, 5.74) is 1.31. The van der Waals surface area contributed by atoms with Gasteiger partial charge in [0.2, 0.25) is 0 Å². The molecule has 5 nitrogen and oxygen atoms in total. The molecule has 1 atom stereocenters. The normalized spacial score (nSPS) is 12.2. The van der Waals surface area contributed by atoms with Gasteiger partial charge >= 0.3 is 0 Å². The van der Waals surface area contributed by atoms with Crippen LogP contribution >= 0.6 is 0 Å². The van der Waals surface area contributed by atoms with E-state index in [-0.39, 0.29) is 11.3 Å². The maximum absolute atomic E-state index is 12.2. The number of benzene rings is 2. The van der Waals surface area contributed by atoms with Crippen LogP contribution in [0.15, 0.2) is 48.5 Å². The number of amides is 1.